The lowest BCUT2D eigenvalue weighted by Crippen LogP contribution is -2.48. The molecule has 4 rings (SSSR count). The third-order valence-corrected chi connectivity index (χ3v) is 6.54. The minimum absolute atomic E-state index is 0.121. The predicted molar refractivity (Wildman–Crippen MR) is 103 cm³/mol. The van der Waals surface area contributed by atoms with E-state index < -0.39 is 0 Å². The Balaban J connectivity index is 1.58. The van der Waals surface area contributed by atoms with E-state index >= 15 is 0 Å². The third-order valence-electron chi connectivity index (χ3n) is 5.68. The maximum Gasteiger partial charge on any atom is 0.273 e. The van der Waals surface area contributed by atoms with Crippen LogP contribution in [0.3, 0.4) is 0 Å². The van der Waals surface area contributed by atoms with Crippen LogP contribution in [-0.4, -0.2) is 37.8 Å². The van der Waals surface area contributed by atoms with Crippen molar-refractivity contribution in [1.82, 2.24) is 19.9 Å². The Hall–Kier alpha value is -1.82. The highest BCUT2D eigenvalue weighted by atomic mass is 32.1. The molecule has 0 unspecified atom stereocenters. The monoisotopic (exact) mass is 370 g/mol. The normalized spacial score (nSPS) is 19.4. The molecule has 5 nitrogen and oxygen atoms in total. The maximum absolute atomic E-state index is 13.4. The first-order valence-corrected chi connectivity index (χ1v) is 10.8. The molecule has 6 heteroatoms. The molecule has 26 heavy (non-hydrogen) atoms. The van der Waals surface area contributed by atoms with Gasteiger partial charge < -0.3 is 4.90 Å². The standard InChI is InChI=1S/C20H26N4OS/c25-20(18-14-26-19(23-18)17-13-21-11-12-22-17)24(15-7-3-1-4-8-15)16-9-5-2-6-10-16/h11-16H,1-10H2. The summed E-state index contributed by atoms with van der Waals surface area (Å²) in [4.78, 5) is 28.7. The van der Waals surface area contributed by atoms with Crippen molar-refractivity contribution >= 4 is 17.2 Å². The van der Waals surface area contributed by atoms with Crippen molar-refractivity contribution in [2.45, 2.75) is 76.3 Å². The number of hydrogen-bond acceptors (Lipinski definition) is 5. The van der Waals surface area contributed by atoms with E-state index in [1.54, 1.807) is 18.6 Å². The second-order valence-corrected chi connectivity index (χ2v) is 8.28. The van der Waals surface area contributed by atoms with Gasteiger partial charge in [0.2, 0.25) is 0 Å². The Morgan fingerprint density at radius 1 is 0.962 bits per heavy atom. The largest absolute Gasteiger partial charge is 0.331 e. The lowest BCUT2D eigenvalue weighted by molar-refractivity contribution is 0.0443. The Bertz CT molecular complexity index is 702. The highest BCUT2D eigenvalue weighted by Gasteiger charge is 2.34. The second kappa shape index (κ2) is 8.25. The summed E-state index contributed by atoms with van der Waals surface area (Å²) in [7, 11) is 0. The summed E-state index contributed by atoms with van der Waals surface area (Å²) in [6.07, 6.45) is 17.1. The van der Waals surface area contributed by atoms with Crippen LogP contribution in [-0.2, 0) is 0 Å². The van der Waals surface area contributed by atoms with E-state index in [9.17, 15) is 4.79 Å². The van der Waals surface area contributed by atoms with Crippen molar-refractivity contribution in [2.75, 3.05) is 0 Å². The van der Waals surface area contributed by atoms with E-state index in [-0.39, 0.29) is 5.91 Å². The van der Waals surface area contributed by atoms with Crippen molar-refractivity contribution in [2.24, 2.45) is 0 Å². The van der Waals surface area contributed by atoms with Crippen LogP contribution in [0, 0.1) is 0 Å². The number of amides is 1. The van der Waals surface area contributed by atoms with Crippen molar-refractivity contribution in [1.29, 1.82) is 0 Å². The molecule has 1 amide bonds. The minimum atomic E-state index is 0.121. The van der Waals surface area contributed by atoms with Gasteiger partial charge in [0.25, 0.3) is 5.91 Å². The van der Waals surface area contributed by atoms with Gasteiger partial charge in [0.1, 0.15) is 16.4 Å². The second-order valence-electron chi connectivity index (χ2n) is 7.42. The van der Waals surface area contributed by atoms with Crippen LogP contribution in [0.15, 0.2) is 24.0 Å². The van der Waals surface area contributed by atoms with Gasteiger partial charge in [0.05, 0.1) is 6.20 Å². The van der Waals surface area contributed by atoms with E-state index in [4.69, 9.17) is 0 Å². The SMILES string of the molecule is O=C(c1csc(-c2cnccn2)n1)N(C1CCCCC1)C1CCCCC1. The summed E-state index contributed by atoms with van der Waals surface area (Å²) in [6.45, 7) is 0. The molecule has 0 spiro atoms. The molecule has 0 radical (unpaired) electrons. The number of carbonyl (C=O) groups is 1. The Labute approximate surface area is 158 Å². The Morgan fingerprint density at radius 3 is 2.19 bits per heavy atom. The molecule has 138 valence electrons. The fourth-order valence-electron chi connectivity index (χ4n) is 4.38. The van der Waals surface area contributed by atoms with Crippen molar-refractivity contribution in [3.05, 3.63) is 29.7 Å². The predicted octanol–water partition coefficient (Wildman–Crippen LogP) is 4.71. The zero-order chi connectivity index (χ0) is 17.8. The Morgan fingerprint density at radius 2 is 1.62 bits per heavy atom. The van der Waals surface area contributed by atoms with Gasteiger partial charge in [-0.1, -0.05) is 38.5 Å². The van der Waals surface area contributed by atoms with Gasteiger partial charge in [-0.2, -0.15) is 0 Å². The van der Waals surface area contributed by atoms with Crippen molar-refractivity contribution in [3.63, 3.8) is 0 Å². The fraction of sp³-hybridized carbons (Fsp3) is 0.600. The zero-order valence-corrected chi connectivity index (χ0v) is 16.0. The van der Waals surface area contributed by atoms with E-state index in [0.717, 1.165) is 36.4 Å². The molecule has 2 heterocycles. The van der Waals surface area contributed by atoms with Crippen LogP contribution in [0.25, 0.3) is 10.7 Å². The van der Waals surface area contributed by atoms with Gasteiger partial charge in [-0.25, -0.2) is 4.98 Å². The minimum Gasteiger partial charge on any atom is -0.331 e. The molecule has 0 saturated heterocycles. The van der Waals surface area contributed by atoms with Crippen LogP contribution in [0.4, 0.5) is 0 Å². The van der Waals surface area contributed by atoms with Crippen LogP contribution in [0.2, 0.25) is 0 Å². The maximum atomic E-state index is 13.4. The molecule has 0 bridgehead atoms. The van der Waals surface area contributed by atoms with Gasteiger partial charge in [-0.15, -0.1) is 11.3 Å². The average Bonchev–Trinajstić information content (AvgIpc) is 3.21. The molecule has 2 aliphatic carbocycles. The first-order valence-electron chi connectivity index (χ1n) is 9.87. The number of thiazole rings is 1. The molecule has 0 atom stereocenters. The topological polar surface area (TPSA) is 59.0 Å². The molecule has 2 aromatic heterocycles. The van der Waals surface area contributed by atoms with Crippen LogP contribution < -0.4 is 0 Å². The van der Waals surface area contributed by atoms with Gasteiger partial charge >= 0.3 is 0 Å². The lowest BCUT2D eigenvalue weighted by atomic mass is 9.88. The van der Waals surface area contributed by atoms with E-state index in [2.05, 4.69) is 19.9 Å². The number of nitrogens with zero attached hydrogens (tertiary/aromatic N) is 4. The van der Waals surface area contributed by atoms with Crippen LogP contribution in [0.5, 0.6) is 0 Å². The average molecular weight is 371 g/mol. The number of aromatic nitrogens is 3. The summed E-state index contributed by atoms with van der Waals surface area (Å²) in [5.74, 6) is 0.121. The number of hydrogen-bond donors (Lipinski definition) is 0. The lowest BCUT2D eigenvalue weighted by Gasteiger charge is -2.41. The van der Waals surface area contributed by atoms with E-state index in [1.807, 2.05) is 5.38 Å². The summed E-state index contributed by atoms with van der Waals surface area (Å²) < 4.78 is 0. The zero-order valence-electron chi connectivity index (χ0n) is 15.1. The fourth-order valence-corrected chi connectivity index (χ4v) is 5.13. The molecular formula is C20H26N4OS. The summed E-state index contributed by atoms with van der Waals surface area (Å²) in [6, 6.07) is 0.780. The molecule has 2 aromatic rings. The molecule has 2 aliphatic rings. The molecule has 2 fully saturated rings. The quantitative estimate of drug-likeness (QED) is 0.782. The molecule has 0 N–H and O–H groups in total. The van der Waals surface area contributed by atoms with Gasteiger partial charge in [0.15, 0.2) is 0 Å². The third kappa shape index (κ3) is 3.80. The van der Waals surface area contributed by atoms with Crippen molar-refractivity contribution in [3.8, 4) is 10.7 Å². The van der Waals surface area contributed by atoms with Crippen molar-refractivity contribution < 1.29 is 4.79 Å². The number of carbonyl (C=O) groups excluding carboxylic acids is 1. The first kappa shape index (κ1) is 17.6. The van der Waals surface area contributed by atoms with Gasteiger partial charge in [-0.05, 0) is 25.7 Å². The van der Waals surface area contributed by atoms with Crippen LogP contribution in [0.1, 0.15) is 74.7 Å². The van der Waals surface area contributed by atoms with Gasteiger partial charge in [-0.3, -0.25) is 14.8 Å². The molecule has 0 aliphatic heterocycles. The highest BCUT2D eigenvalue weighted by molar-refractivity contribution is 7.13. The molecule has 2 saturated carbocycles. The van der Waals surface area contributed by atoms with E-state index in [1.165, 1.54) is 49.9 Å². The Kier molecular flexibility index (Phi) is 5.58. The highest BCUT2D eigenvalue weighted by Crippen LogP contribution is 2.32. The first-order chi connectivity index (χ1) is 12.8. The van der Waals surface area contributed by atoms with E-state index in [0.29, 0.717) is 17.8 Å². The van der Waals surface area contributed by atoms with Gasteiger partial charge in [0, 0.05) is 29.9 Å². The van der Waals surface area contributed by atoms with Crippen LogP contribution >= 0.6 is 11.3 Å². The summed E-state index contributed by atoms with van der Waals surface area (Å²) >= 11 is 1.48. The summed E-state index contributed by atoms with van der Waals surface area (Å²) in [5, 5.41) is 2.67. The molecular weight excluding hydrogens is 344 g/mol. The summed E-state index contributed by atoms with van der Waals surface area (Å²) in [5.41, 5.74) is 1.31. The molecule has 0 aromatic carbocycles. The smallest absolute Gasteiger partial charge is 0.273 e. The number of rotatable bonds is 4.